The summed E-state index contributed by atoms with van der Waals surface area (Å²) >= 11 is 0. The minimum atomic E-state index is 0.642. The Kier molecular flexibility index (Phi) is 2.92. The van der Waals surface area contributed by atoms with Crippen molar-refractivity contribution >= 4 is 6.08 Å². The summed E-state index contributed by atoms with van der Waals surface area (Å²) in [4.78, 5) is 2.26. The van der Waals surface area contributed by atoms with Crippen LogP contribution in [0.3, 0.4) is 0 Å². The van der Waals surface area contributed by atoms with Crippen LogP contribution in [0, 0.1) is 0 Å². The lowest BCUT2D eigenvalue weighted by molar-refractivity contribution is 0.390. The van der Waals surface area contributed by atoms with E-state index in [1.807, 2.05) is 0 Å². The summed E-state index contributed by atoms with van der Waals surface area (Å²) in [6.07, 6.45) is 3.56. The monoisotopic (exact) mass is 201 g/mol. The molecule has 0 heterocycles. The van der Waals surface area contributed by atoms with Gasteiger partial charge in [-0.2, -0.15) is 0 Å². The van der Waals surface area contributed by atoms with Crippen molar-refractivity contribution in [2.45, 2.75) is 19.3 Å². The van der Waals surface area contributed by atoms with E-state index in [-0.39, 0.29) is 0 Å². The quantitative estimate of drug-likeness (QED) is 0.726. The topological polar surface area (TPSA) is 3.24 Å². The van der Waals surface area contributed by atoms with Crippen molar-refractivity contribution in [3.63, 3.8) is 0 Å². The zero-order chi connectivity index (χ0) is 10.8. The van der Waals surface area contributed by atoms with Gasteiger partial charge in [-0.15, -0.1) is 0 Å². The van der Waals surface area contributed by atoms with E-state index in [1.54, 1.807) is 0 Å². The molecule has 0 aliphatic heterocycles. The largest absolute Gasteiger partial charge is 0.309 e. The summed E-state index contributed by atoms with van der Waals surface area (Å²) in [5.41, 5.74) is 4.44. The number of hydrogen-bond donors (Lipinski definition) is 0. The molecule has 0 fully saturated rings. The molecule has 0 bridgehead atoms. The molecular weight excluding hydrogens is 182 g/mol. The van der Waals surface area contributed by atoms with Gasteiger partial charge in [-0.1, -0.05) is 35.9 Å². The standard InChI is InChI=1S/C14H19N/c1-11-10-12-6-4-5-7-14(12)13(11)8-9-15(2)3/h4-7,10,13H,8-9H2,1-3H3. The number of hydrogen-bond acceptors (Lipinski definition) is 1. The molecular formula is C14H19N. The Morgan fingerprint density at radius 2 is 1.93 bits per heavy atom. The molecule has 0 aromatic heterocycles. The molecule has 0 saturated carbocycles. The highest BCUT2D eigenvalue weighted by atomic mass is 15.0. The zero-order valence-electron chi connectivity index (χ0n) is 9.83. The van der Waals surface area contributed by atoms with Gasteiger partial charge in [0.2, 0.25) is 0 Å². The fraction of sp³-hybridized carbons (Fsp3) is 0.429. The van der Waals surface area contributed by atoms with Gasteiger partial charge in [0.15, 0.2) is 0 Å². The maximum atomic E-state index is 2.33. The Bertz CT molecular complexity index is 377. The molecule has 1 aromatic rings. The van der Waals surface area contributed by atoms with Crippen LogP contribution >= 0.6 is 0 Å². The minimum absolute atomic E-state index is 0.642. The van der Waals surface area contributed by atoms with E-state index < -0.39 is 0 Å². The second-order valence-electron chi connectivity index (χ2n) is 4.66. The van der Waals surface area contributed by atoms with Crippen molar-refractivity contribution in [3.8, 4) is 0 Å². The average Bonchev–Trinajstić information content (AvgIpc) is 2.50. The first-order valence-corrected chi connectivity index (χ1v) is 5.60. The van der Waals surface area contributed by atoms with Crippen molar-refractivity contribution < 1.29 is 0 Å². The van der Waals surface area contributed by atoms with Gasteiger partial charge < -0.3 is 4.90 Å². The first kappa shape index (κ1) is 10.4. The first-order chi connectivity index (χ1) is 7.18. The summed E-state index contributed by atoms with van der Waals surface area (Å²) in [6.45, 7) is 3.41. The smallest absolute Gasteiger partial charge is 0.00668 e. The van der Waals surface area contributed by atoms with E-state index >= 15 is 0 Å². The van der Waals surface area contributed by atoms with Crippen LogP contribution in [0.1, 0.15) is 30.4 Å². The third-order valence-electron chi connectivity index (χ3n) is 3.17. The summed E-state index contributed by atoms with van der Waals surface area (Å²) < 4.78 is 0. The fourth-order valence-electron chi connectivity index (χ4n) is 2.32. The highest BCUT2D eigenvalue weighted by molar-refractivity contribution is 5.65. The molecule has 2 rings (SSSR count). The SMILES string of the molecule is CC1=Cc2ccccc2C1CCN(C)C. The van der Waals surface area contributed by atoms with Gasteiger partial charge in [0, 0.05) is 5.92 Å². The molecule has 0 N–H and O–H groups in total. The predicted molar refractivity (Wildman–Crippen MR) is 66.0 cm³/mol. The Morgan fingerprint density at radius 3 is 2.67 bits per heavy atom. The maximum absolute atomic E-state index is 2.33. The van der Waals surface area contributed by atoms with E-state index in [9.17, 15) is 0 Å². The van der Waals surface area contributed by atoms with Crippen LogP contribution in [0.25, 0.3) is 6.08 Å². The molecule has 80 valence electrons. The van der Waals surface area contributed by atoms with Crippen LogP contribution in [-0.2, 0) is 0 Å². The first-order valence-electron chi connectivity index (χ1n) is 5.60. The van der Waals surface area contributed by atoms with Crippen LogP contribution in [0.4, 0.5) is 0 Å². The van der Waals surface area contributed by atoms with Gasteiger partial charge in [0.1, 0.15) is 0 Å². The normalized spacial score (nSPS) is 19.2. The molecule has 15 heavy (non-hydrogen) atoms. The highest BCUT2D eigenvalue weighted by Crippen LogP contribution is 2.37. The summed E-state index contributed by atoms with van der Waals surface area (Å²) in [7, 11) is 4.28. The zero-order valence-corrected chi connectivity index (χ0v) is 9.83. The van der Waals surface area contributed by atoms with Crippen LogP contribution < -0.4 is 0 Å². The summed E-state index contributed by atoms with van der Waals surface area (Å²) in [5.74, 6) is 0.642. The molecule has 1 aromatic carbocycles. The second kappa shape index (κ2) is 4.19. The van der Waals surface area contributed by atoms with E-state index in [4.69, 9.17) is 0 Å². The van der Waals surface area contributed by atoms with Crippen molar-refractivity contribution in [1.29, 1.82) is 0 Å². The third kappa shape index (κ3) is 2.13. The molecule has 1 unspecified atom stereocenters. The van der Waals surface area contributed by atoms with Crippen molar-refractivity contribution in [2.24, 2.45) is 0 Å². The van der Waals surface area contributed by atoms with E-state index in [0.717, 1.165) is 6.54 Å². The Labute approximate surface area is 92.4 Å². The number of nitrogens with zero attached hydrogens (tertiary/aromatic N) is 1. The lowest BCUT2D eigenvalue weighted by atomic mass is 9.93. The molecule has 0 saturated heterocycles. The molecule has 1 aliphatic rings. The van der Waals surface area contributed by atoms with Crippen molar-refractivity contribution in [3.05, 3.63) is 41.0 Å². The summed E-state index contributed by atoms with van der Waals surface area (Å²) in [5, 5.41) is 0. The summed E-state index contributed by atoms with van der Waals surface area (Å²) in [6, 6.07) is 8.75. The van der Waals surface area contributed by atoms with Gasteiger partial charge in [-0.25, -0.2) is 0 Å². The molecule has 0 amide bonds. The maximum Gasteiger partial charge on any atom is 0.00668 e. The predicted octanol–water partition coefficient (Wildman–Crippen LogP) is 3.14. The van der Waals surface area contributed by atoms with Crippen LogP contribution in [0.2, 0.25) is 0 Å². The number of rotatable bonds is 3. The number of benzene rings is 1. The lowest BCUT2D eigenvalue weighted by Gasteiger charge is -2.17. The highest BCUT2D eigenvalue weighted by Gasteiger charge is 2.21. The lowest BCUT2D eigenvalue weighted by Crippen LogP contribution is -2.15. The molecule has 1 heteroatoms. The van der Waals surface area contributed by atoms with Gasteiger partial charge >= 0.3 is 0 Å². The second-order valence-corrected chi connectivity index (χ2v) is 4.66. The molecule has 1 aliphatic carbocycles. The number of fused-ring (bicyclic) bond motifs is 1. The Balaban J connectivity index is 2.16. The van der Waals surface area contributed by atoms with Crippen molar-refractivity contribution in [1.82, 2.24) is 4.90 Å². The Hall–Kier alpha value is -1.08. The van der Waals surface area contributed by atoms with Crippen LogP contribution in [0.5, 0.6) is 0 Å². The van der Waals surface area contributed by atoms with Crippen LogP contribution in [0.15, 0.2) is 29.8 Å². The van der Waals surface area contributed by atoms with E-state index in [1.165, 1.54) is 23.1 Å². The van der Waals surface area contributed by atoms with Gasteiger partial charge in [0.25, 0.3) is 0 Å². The third-order valence-corrected chi connectivity index (χ3v) is 3.17. The number of allylic oxidation sites excluding steroid dienone is 1. The van der Waals surface area contributed by atoms with E-state index in [2.05, 4.69) is 56.3 Å². The molecule has 1 atom stereocenters. The molecule has 0 radical (unpaired) electrons. The molecule has 1 nitrogen and oxygen atoms in total. The minimum Gasteiger partial charge on any atom is -0.309 e. The molecule has 0 spiro atoms. The fourth-order valence-corrected chi connectivity index (χ4v) is 2.32. The van der Waals surface area contributed by atoms with Gasteiger partial charge in [-0.05, 0) is 45.1 Å². The van der Waals surface area contributed by atoms with Crippen molar-refractivity contribution in [2.75, 3.05) is 20.6 Å². The van der Waals surface area contributed by atoms with E-state index in [0.29, 0.717) is 5.92 Å². The Morgan fingerprint density at radius 1 is 1.20 bits per heavy atom. The van der Waals surface area contributed by atoms with Crippen LogP contribution in [-0.4, -0.2) is 25.5 Å². The van der Waals surface area contributed by atoms with Gasteiger partial charge in [-0.3, -0.25) is 0 Å². The van der Waals surface area contributed by atoms with Gasteiger partial charge in [0.05, 0.1) is 0 Å². The average molecular weight is 201 g/mol.